The Morgan fingerprint density at radius 2 is 0.701 bits per heavy atom. The van der Waals surface area contributed by atoms with Crippen LogP contribution in [0.5, 0.6) is 0 Å². The second-order valence-corrected chi connectivity index (χ2v) is 20.2. The Kier molecular flexibility index (Phi) is 53.3. The number of carboxylic acid groups (broad SMARTS) is 1. The van der Waals surface area contributed by atoms with Crippen molar-refractivity contribution in [1.82, 2.24) is 0 Å². The monoisotopic (exact) mass is 1070 g/mol. The number of allylic oxidation sites excluding steroid dienone is 26. The van der Waals surface area contributed by atoms with Crippen molar-refractivity contribution in [2.45, 2.75) is 206 Å². The summed E-state index contributed by atoms with van der Waals surface area (Å²) in [4.78, 5) is 37.3. The van der Waals surface area contributed by atoms with Gasteiger partial charge in [0.15, 0.2) is 12.4 Å². The Labute approximate surface area is 470 Å². The molecule has 0 saturated heterocycles. The van der Waals surface area contributed by atoms with Crippen LogP contribution in [0.1, 0.15) is 194 Å². The van der Waals surface area contributed by atoms with Gasteiger partial charge in [-0.3, -0.25) is 9.59 Å². The maximum Gasteiger partial charge on any atom is 0.306 e. The van der Waals surface area contributed by atoms with Crippen LogP contribution < -0.4 is 5.11 Å². The highest BCUT2D eigenvalue weighted by Gasteiger charge is 2.22. The molecule has 0 aliphatic rings. The fourth-order valence-corrected chi connectivity index (χ4v) is 7.28. The van der Waals surface area contributed by atoms with E-state index in [0.29, 0.717) is 23.9 Å². The van der Waals surface area contributed by atoms with E-state index in [0.717, 1.165) is 128 Å². The minimum atomic E-state index is -1.64. The molecule has 77 heavy (non-hydrogen) atoms. The zero-order valence-electron chi connectivity index (χ0n) is 49.0. The molecule has 0 aromatic heterocycles. The second kappa shape index (κ2) is 57.1. The standard InChI is InChI=1S/C68H107NO8/c1-6-8-10-12-14-16-18-20-22-24-26-27-28-29-30-31-32-33-34-35-36-37-38-39-41-43-45-47-49-51-53-55-57-59-66(71)77-64(63-76-68(67(72)73)74-61-60-69(3,4)5)62-75-65(70)58-56-54-52-50-48-46-44-42-40-25-23-21-19-17-15-13-11-9-7-2/h8-11,14-17,20-23,26-27,29-30,32-33,35-36,38-40,42,46,48,64,68H,6-7,12-13,18-19,24-25,28,31,34,37,41,43-45,47,49-63H2,1-5H3/b10-8-,11-9-,16-14-,17-15-,22-20-,23-21-,27-26-,30-29-,33-32-,36-35-,39-38-,42-40-,48-46-. The molecule has 2 unspecified atom stereocenters. The van der Waals surface area contributed by atoms with E-state index in [1.165, 1.54) is 25.7 Å². The zero-order valence-corrected chi connectivity index (χ0v) is 49.0. The number of esters is 2. The summed E-state index contributed by atoms with van der Waals surface area (Å²) >= 11 is 0. The summed E-state index contributed by atoms with van der Waals surface area (Å²) in [5.41, 5.74) is 0. The molecule has 0 fully saturated rings. The summed E-state index contributed by atoms with van der Waals surface area (Å²) in [7, 11) is 5.89. The van der Waals surface area contributed by atoms with Crippen LogP contribution in [0.2, 0.25) is 0 Å². The maximum atomic E-state index is 12.9. The molecule has 0 rings (SSSR count). The number of carbonyl (C=O) groups excluding carboxylic acids is 3. The lowest BCUT2D eigenvalue weighted by atomic mass is 10.1. The van der Waals surface area contributed by atoms with Gasteiger partial charge in [0.1, 0.15) is 13.2 Å². The van der Waals surface area contributed by atoms with Crippen LogP contribution in [-0.4, -0.2) is 82.3 Å². The Balaban J connectivity index is 4.32. The first-order chi connectivity index (χ1) is 37.6. The summed E-state index contributed by atoms with van der Waals surface area (Å²) in [5.74, 6) is -2.36. The normalized spacial score (nSPS) is 13.9. The quantitative estimate of drug-likeness (QED) is 0.0195. The highest BCUT2D eigenvalue weighted by atomic mass is 16.7. The summed E-state index contributed by atoms with van der Waals surface area (Å²) in [6, 6.07) is 0. The SMILES string of the molecule is CC/C=C\C/C=C\C/C=C\C/C=C\C/C=C\C/C=C\C/C=C\C/C=C\CCCCCCCCCCC(=O)OC(COC(=O)CCCCC/C=C\C/C=C\C/C=C\C/C=C\C/C=C\CC)COC(OCC[N+](C)(C)C)C(=O)[O-]. The summed E-state index contributed by atoms with van der Waals surface area (Å²) in [6.07, 6.45) is 81.5. The van der Waals surface area contributed by atoms with Gasteiger partial charge in [0.05, 0.1) is 40.3 Å². The Hall–Kier alpha value is -5.09. The number of hydrogen-bond donors (Lipinski definition) is 0. The first kappa shape index (κ1) is 71.9. The zero-order chi connectivity index (χ0) is 56.2. The van der Waals surface area contributed by atoms with Crippen molar-refractivity contribution in [2.24, 2.45) is 0 Å². The highest BCUT2D eigenvalue weighted by Crippen LogP contribution is 2.13. The predicted octanol–water partition coefficient (Wildman–Crippen LogP) is 16.4. The number of nitrogens with zero attached hydrogens (tertiary/aromatic N) is 1. The molecule has 0 spiro atoms. The van der Waals surface area contributed by atoms with Gasteiger partial charge in [0.2, 0.25) is 0 Å². The van der Waals surface area contributed by atoms with Crippen molar-refractivity contribution in [3.8, 4) is 0 Å². The van der Waals surface area contributed by atoms with Gasteiger partial charge in [0.25, 0.3) is 0 Å². The topological polar surface area (TPSA) is 111 Å². The van der Waals surface area contributed by atoms with Gasteiger partial charge in [0, 0.05) is 12.8 Å². The lowest BCUT2D eigenvalue weighted by molar-refractivity contribution is -0.870. The summed E-state index contributed by atoms with van der Waals surface area (Å²) < 4.78 is 22.6. The third kappa shape index (κ3) is 58.4. The number of likely N-dealkylation sites (N-methyl/N-ethyl adjacent to an activating group) is 1. The molecule has 9 heteroatoms. The van der Waals surface area contributed by atoms with E-state index in [4.69, 9.17) is 18.9 Å². The van der Waals surface area contributed by atoms with Crippen molar-refractivity contribution in [1.29, 1.82) is 0 Å². The number of rotatable bonds is 52. The molecular weight excluding hydrogens is 959 g/mol. The molecule has 432 valence electrons. The van der Waals surface area contributed by atoms with Gasteiger partial charge in [-0.15, -0.1) is 0 Å². The fraction of sp³-hybridized carbons (Fsp3) is 0.574. The van der Waals surface area contributed by atoms with Crippen LogP contribution >= 0.6 is 0 Å². The molecule has 9 nitrogen and oxygen atoms in total. The molecule has 0 amide bonds. The minimum absolute atomic E-state index is 0.131. The second-order valence-electron chi connectivity index (χ2n) is 20.2. The summed E-state index contributed by atoms with van der Waals surface area (Å²) in [6.45, 7) is 4.44. The van der Waals surface area contributed by atoms with Crippen LogP contribution in [0.15, 0.2) is 158 Å². The van der Waals surface area contributed by atoms with E-state index in [2.05, 4.69) is 172 Å². The van der Waals surface area contributed by atoms with Gasteiger partial charge in [-0.1, -0.05) is 217 Å². The molecule has 0 radical (unpaired) electrons. The molecule has 2 atom stereocenters. The van der Waals surface area contributed by atoms with Crippen molar-refractivity contribution < 1.29 is 42.9 Å². The lowest BCUT2D eigenvalue weighted by Crippen LogP contribution is -2.44. The van der Waals surface area contributed by atoms with Crippen LogP contribution in [0.25, 0.3) is 0 Å². The molecule has 0 heterocycles. The largest absolute Gasteiger partial charge is 0.545 e. The van der Waals surface area contributed by atoms with Crippen LogP contribution in [0.4, 0.5) is 0 Å². The third-order valence-corrected chi connectivity index (χ3v) is 11.8. The van der Waals surface area contributed by atoms with Crippen LogP contribution in [-0.2, 0) is 33.3 Å². The number of aliphatic carboxylic acids is 1. The average molecular weight is 1070 g/mol. The van der Waals surface area contributed by atoms with E-state index in [9.17, 15) is 19.5 Å². The molecule has 0 bridgehead atoms. The van der Waals surface area contributed by atoms with E-state index in [1.807, 2.05) is 21.1 Å². The van der Waals surface area contributed by atoms with E-state index >= 15 is 0 Å². The fourth-order valence-electron chi connectivity index (χ4n) is 7.28. The van der Waals surface area contributed by atoms with Gasteiger partial charge in [-0.25, -0.2) is 0 Å². The Morgan fingerprint density at radius 1 is 0.390 bits per heavy atom. The minimum Gasteiger partial charge on any atom is -0.545 e. The first-order valence-electron chi connectivity index (χ1n) is 29.6. The number of unbranched alkanes of at least 4 members (excludes halogenated alkanes) is 11. The Bertz CT molecular complexity index is 1810. The molecular formula is C68H107NO8. The molecule has 0 N–H and O–H groups in total. The van der Waals surface area contributed by atoms with Crippen LogP contribution in [0, 0.1) is 0 Å². The molecule has 0 aliphatic carbocycles. The predicted molar refractivity (Wildman–Crippen MR) is 324 cm³/mol. The molecule has 0 aromatic carbocycles. The van der Waals surface area contributed by atoms with Crippen molar-refractivity contribution in [2.75, 3.05) is 47.5 Å². The maximum absolute atomic E-state index is 12.9. The molecule has 0 saturated carbocycles. The Morgan fingerprint density at radius 3 is 1.05 bits per heavy atom. The van der Waals surface area contributed by atoms with Gasteiger partial charge >= 0.3 is 11.9 Å². The number of carboxylic acids is 1. The van der Waals surface area contributed by atoms with Crippen molar-refractivity contribution >= 4 is 17.9 Å². The van der Waals surface area contributed by atoms with Gasteiger partial charge in [-0.2, -0.15) is 0 Å². The van der Waals surface area contributed by atoms with E-state index in [1.54, 1.807) is 0 Å². The number of ether oxygens (including phenoxy) is 4. The van der Waals surface area contributed by atoms with E-state index < -0.39 is 30.3 Å². The number of carbonyl (C=O) groups is 3. The van der Waals surface area contributed by atoms with E-state index in [-0.39, 0.29) is 32.7 Å². The van der Waals surface area contributed by atoms with Gasteiger partial charge in [-0.05, 0) is 122 Å². The number of hydrogen-bond acceptors (Lipinski definition) is 8. The van der Waals surface area contributed by atoms with Crippen molar-refractivity contribution in [3.05, 3.63) is 158 Å². The third-order valence-electron chi connectivity index (χ3n) is 11.8. The average Bonchev–Trinajstić information content (AvgIpc) is 3.40. The highest BCUT2D eigenvalue weighted by molar-refractivity contribution is 5.70. The molecule has 0 aliphatic heterocycles. The van der Waals surface area contributed by atoms with Crippen molar-refractivity contribution in [3.63, 3.8) is 0 Å². The lowest BCUT2D eigenvalue weighted by Gasteiger charge is -2.26. The summed E-state index contributed by atoms with van der Waals surface area (Å²) in [5, 5.41) is 11.8. The van der Waals surface area contributed by atoms with Crippen LogP contribution in [0.3, 0.4) is 0 Å². The molecule has 0 aromatic rings. The number of quaternary nitrogens is 1. The van der Waals surface area contributed by atoms with Gasteiger partial charge < -0.3 is 33.3 Å². The smallest absolute Gasteiger partial charge is 0.306 e. The first-order valence-corrected chi connectivity index (χ1v) is 29.6.